The molecule has 4 nitrogen and oxygen atoms in total. The number of benzene rings is 1. The van der Waals surface area contributed by atoms with Crippen LogP contribution in [0.2, 0.25) is 0 Å². The van der Waals surface area contributed by atoms with Crippen molar-refractivity contribution in [1.29, 1.82) is 0 Å². The number of ether oxygens (including phenoxy) is 2. The van der Waals surface area contributed by atoms with Gasteiger partial charge in [-0.15, -0.1) is 0 Å². The highest BCUT2D eigenvalue weighted by Crippen LogP contribution is 2.43. The summed E-state index contributed by atoms with van der Waals surface area (Å²) in [6.45, 7) is 0. The molecule has 0 radical (unpaired) electrons. The van der Waals surface area contributed by atoms with E-state index in [1.807, 2.05) is 6.07 Å². The SMILES string of the molecule is COC(=O)[C@@H]1C2NC(CC2OC)C[C@H]1c1ccccc1F. The second-order valence-corrected chi connectivity index (χ2v) is 5.81. The molecule has 2 bridgehead atoms. The van der Waals surface area contributed by atoms with Crippen LogP contribution in [-0.4, -0.2) is 38.4 Å². The van der Waals surface area contributed by atoms with E-state index in [9.17, 15) is 9.18 Å². The molecular formula is C16H20FNO3. The molecule has 3 rings (SSSR count). The molecule has 2 aliphatic heterocycles. The van der Waals surface area contributed by atoms with Crippen LogP contribution in [0.4, 0.5) is 4.39 Å². The zero-order chi connectivity index (χ0) is 15.0. The lowest BCUT2D eigenvalue weighted by Crippen LogP contribution is -2.51. The van der Waals surface area contributed by atoms with Gasteiger partial charge in [-0.3, -0.25) is 4.79 Å². The number of fused-ring (bicyclic) bond motifs is 2. The summed E-state index contributed by atoms with van der Waals surface area (Å²) < 4.78 is 24.6. The van der Waals surface area contributed by atoms with Crippen molar-refractivity contribution < 1.29 is 18.7 Å². The zero-order valence-electron chi connectivity index (χ0n) is 12.2. The number of hydrogen-bond acceptors (Lipinski definition) is 4. The van der Waals surface area contributed by atoms with E-state index in [1.165, 1.54) is 13.2 Å². The summed E-state index contributed by atoms with van der Waals surface area (Å²) in [4.78, 5) is 12.3. The molecule has 114 valence electrons. The highest BCUT2D eigenvalue weighted by atomic mass is 19.1. The van der Waals surface area contributed by atoms with Crippen molar-refractivity contribution >= 4 is 5.97 Å². The fraction of sp³-hybridized carbons (Fsp3) is 0.562. The van der Waals surface area contributed by atoms with E-state index in [0.29, 0.717) is 5.56 Å². The number of carbonyl (C=O) groups is 1. The largest absolute Gasteiger partial charge is 0.469 e. The number of halogens is 1. The minimum Gasteiger partial charge on any atom is -0.469 e. The summed E-state index contributed by atoms with van der Waals surface area (Å²) in [6, 6.07) is 6.82. The Hall–Kier alpha value is -1.46. The molecule has 1 aromatic rings. The summed E-state index contributed by atoms with van der Waals surface area (Å²) >= 11 is 0. The van der Waals surface area contributed by atoms with E-state index in [-0.39, 0.29) is 35.9 Å². The summed E-state index contributed by atoms with van der Waals surface area (Å²) in [7, 11) is 3.03. The molecule has 0 saturated carbocycles. The Morgan fingerprint density at radius 1 is 1.29 bits per heavy atom. The fourth-order valence-corrected chi connectivity index (χ4v) is 3.86. The highest BCUT2D eigenvalue weighted by Gasteiger charge is 2.51. The predicted octanol–water partition coefficient (Wildman–Crippen LogP) is 1.85. The third-order valence-corrected chi connectivity index (χ3v) is 4.79. The van der Waals surface area contributed by atoms with Gasteiger partial charge in [-0.05, 0) is 24.5 Å². The molecule has 0 spiro atoms. The number of hydrogen-bond donors (Lipinski definition) is 1. The van der Waals surface area contributed by atoms with E-state index in [4.69, 9.17) is 9.47 Å². The molecular weight excluding hydrogens is 273 g/mol. The minimum absolute atomic E-state index is 0.0316. The van der Waals surface area contributed by atoms with E-state index in [2.05, 4.69) is 5.32 Å². The van der Waals surface area contributed by atoms with Crippen molar-refractivity contribution in [2.75, 3.05) is 14.2 Å². The fourth-order valence-electron chi connectivity index (χ4n) is 3.86. The van der Waals surface area contributed by atoms with Crippen LogP contribution < -0.4 is 5.32 Å². The predicted molar refractivity (Wildman–Crippen MR) is 75.4 cm³/mol. The molecule has 5 atom stereocenters. The van der Waals surface area contributed by atoms with Crippen LogP contribution in [0.5, 0.6) is 0 Å². The van der Waals surface area contributed by atoms with E-state index < -0.39 is 5.92 Å². The first-order valence-corrected chi connectivity index (χ1v) is 7.26. The van der Waals surface area contributed by atoms with Crippen molar-refractivity contribution in [2.45, 2.75) is 36.9 Å². The first kappa shape index (κ1) is 14.5. The van der Waals surface area contributed by atoms with Gasteiger partial charge < -0.3 is 14.8 Å². The van der Waals surface area contributed by atoms with Crippen LogP contribution in [0, 0.1) is 11.7 Å². The molecule has 1 aromatic carbocycles. The topological polar surface area (TPSA) is 47.6 Å². The summed E-state index contributed by atoms with van der Waals surface area (Å²) in [5.41, 5.74) is 0.598. The van der Waals surface area contributed by atoms with Crippen molar-refractivity contribution in [3.05, 3.63) is 35.6 Å². The second-order valence-electron chi connectivity index (χ2n) is 5.81. The maximum absolute atomic E-state index is 14.2. The van der Waals surface area contributed by atoms with E-state index in [0.717, 1.165) is 12.8 Å². The number of methoxy groups -OCH3 is 2. The number of rotatable bonds is 3. The van der Waals surface area contributed by atoms with Crippen LogP contribution in [-0.2, 0) is 14.3 Å². The Balaban J connectivity index is 1.99. The first-order chi connectivity index (χ1) is 10.2. The Morgan fingerprint density at radius 3 is 2.71 bits per heavy atom. The van der Waals surface area contributed by atoms with Gasteiger partial charge in [-0.1, -0.05) is 18.2 Å². The number of piperidine rings is 1. The van der Waals surface area contributed by atoms with Gasteiger partial charge in [0.2, 0.25) is 0 Å². The van der Waals surface area contributed by atoms with E-state index >= 15 is 0 Å². The molecule has 2 aliphatic rings. The summed E-state index contributed by atoms with van der Waals surface area (Å²) in [5.74, 6) is -1.15. The van der Waals surface area contributed by atoms with Crippen molar-refractivity contribution in [2.24, 2.45) is 5.92 Å². The minimum atomic E-state index is -0.421. The first-order valence-electron chi connectivity index (χ1n) is 7.26. The Labute approximate surface area is 123 Å². The van der Waals surface area contributed by atoms with Crippen LogP contribution in [0.15, 0.2) is 24.3 Å². The quantitative estimate of drug-likeness (QED) is 0.864. The highest BCUT2D eigenvalue weighted by molar-refractivity contribution is 5.75. The molecule has 2 fully saturated rings. The molecule has 1 N–H and O–H groups in total. The van der Waals surface area contributed by atoms with Crippen molar-refractivity contribution in [1.82, 2.24) is 5.32 Å². The molecule has 21 heavy (non-hydrogen) atoms. The van der Waals surface area contributed by atoms with Gasteiger partial charge in [0, 0.05) is 25.1 Å². The molecule has 5 heteroatoms. The van der Waals surface area contributed by atoms with Gasteiger partial charge in [0.1, 0.15) is 5.82 Å². The maximum Gasteiger partial charge on any atom is 0.310 e. The van der Waals surface area contributed by atoms with Gasteiger partial charge in [-0.25, -0.2) is 4.39 Å². The molecule has 3 unspecified atom stereocenters. The Bertz CT molecular complexity index is 536. The van der Waals surface area contributed by atoms with Gasteiger partial charge in [0.15, 0.2) is 0 Å². The summed E-state index contributed by atoms with van der Waals surface area (Å²) in [6.07, 6.45) is 1.53. The molecule has 0 aliphatic carbocycles. The van der Waals surface area contributed by atoms with Crippen LogP contribution in [0.1, 0.15) is 24.3 Å². The van der Waals surface area contributed by atoms with Gasteiger partial charge >= 0.3 is 5.97 Å². The lowest BCUT2D eigenvalue weighted by atomic mass is 9.76. The average molecular weight is 293 g/mol. The van der Waals surface area contributed by atoms with Gasteiger partial charge in [0.25, 0.3) is 0 Å². The normalized spacial score (nSPS) is 34.7. The third kappa shape index (κ3) is 2.45. The number of nitrogens with one attached hydrogen (secondary N) is 1. The Kier molecular flexibility index (Phi) is 3.95. The number of esters is 1. The van der Waals surface area contributed by atoms with Crippen molar-refractivity contribution in [3.63, 3.8) is 0 Å². The van der Waals surface area contributed by atoms with Gasteiger partial charge in [-0.2, -0.15) is 0 Å². The third-order valence-electron chi connectivity index (χ3n) is 4.79. The standard InChI is InChI=1S/C16H20FNO3/c1-20-13-8-9-7-11(10-5-3-4-6-12(10)17)14(15(13)18-9)16(19)21-2/h3-6,9,11,13-15,18H,7-8H2,1-2H3/t9?,11-,13?,14-,15?/m0/s1. The maximum atomic E-state index is 14.2. The summed E-state index contributed by atoms with van der Waals surface area (Å²) in [5, 5.41) is 3.43. The molecule has 2 saturated heterocycles. The molecule has 0 aromatic heterocycles. The average Bonchev–Trinajstić information content (AvgIpc) is 2.83. The number of carbonyl (C=O) groups excluding carboxylic acids is 1. The molecule has 2 heterocycles. The zero-order valence-corrected chi connectivity index (χ0v) is 12.2. The Morgan fingerprint density at radius 2 is 2.05 bits per heavy atom. The molecule has 0 amide bonds. The lowest BCUT2D eigenvalue weighted by molar-refractivity contribution is -0.149. The van der Waals surface area contributed by atoms with Crippen LogP contribution in [0.3, 0.4) is 0 Å². The lowest BCUT2D eigenvalue weighted by Gasteiger charge is -2.37. The van der Waals surface area contributed by atoms with Crippen LogP contribution >= 0.6 is 0 Å². The smallest absolute Gasteiger partial charge is 0.310 e. The van der Waals surface area contributed by atoms with Crippen molar-refractivity contribution in [3.8, 4) is 0 Å². The second kappa shape index (κ2) is 5.73. The van der Waals surface area contributed by atoms with Gasteiger partial charge in [0.05, 0.1) is 19.1 Å². The monoisotopic (exact) mass is 293 g/mol. The van der Waals surface area contributed by atoms with E-state index in [1.54, 1.807) is 19.2 Å². The van der Waals surface area contributed by atoms with Crippen LogP contribution in [0.25, 0.3) is 0 Å².